The van der Waals surface area contributed by atoms with Crippen LogP contribution in [0.15, 0.2) is 0 Å². The maximum Gasteiger partial charge on any atom is 0.395 e. The van der Waals surface area contributed by atoms with Gasteiger partial charge in [-0.05, 0) is 286 Å². The topological polar surface area (TPSA) is 214 Å². The minimum absolute atomic E-state index is 0.0132. The molecule has 0 aromatic carbocycles. The number of aliphatic hydroxyl groups is 6. The second kappa shape index (κ2) is 42.1. The van der Waals surface area contributed by atoms with Crippen LogP contribution in [0.25, 0.3) is 0 Å². The van der Waals surface area contributed by atoms with E-state index in [1.165, 1.54) is 6.42 Å². The molecule has 6 rings (SSSR count). The molecule has 0 radical (unpaired) electrons. The maximum atomic E-state index is 13.2. The van der Waals surface area contributed by atoms with Crippen molar-refractivity contribution in [2.45, 2.75) is 416 Å². The molecule has 14 unspecified atom stereocenters. The van der Waals surface area contributed by atoms with Crippen molar-refractivity contribution in [3.63, 3.8) is 0 Å². The molecule has 0 aromatic rings. The zero-order valence-corrected chi connectivity index (χ0v) is 72.3. The highest BCUT2D eigenvalue weighted by molar-refractivity contribution is 5.06. The molecular weight excluding hydrogens is 1320 g/mol. The van der Waals surface area contributed by atoms with Gasteiger partial charge in [0.15, 0.2) is 0 Å². The van der Waals surface area contributed by atoms with Gasteiger partial charge in [-0.15, -0.1) is 0 Å². The van der Waals surface area contributed by atoms with Gasteiger partial charge in [0.25, 0.3) is 0 Å². The Bertz CT molecular complexity index is 2290. The first-order valence-electron chi connectivity index (χ1n) is 39.8. The van der Waals surface area contributed by atoms with Crippen molar-refractivity contribution in [2.24, 2.45) is 28.6 Å². The average Bonchev–Trinajstić information content (AvgIpc) is 1.61. The van der Waals surface area contributed by atoms with E-state index in [0.717, 1.165) is 97.3 Å². The van der Waals surface area contributed by atoms with Crippen molar-refractivity contribution in [3.8, 4) is 0 Å². The minimum atomic E-state index is -4.43. The predicted molar refractivity (Wildman–Crippen MR) is 418 cm³/mol. The van der Waals surface area contributed by atoms with Gasteiger partial charge in [0.05, 0.1) is 112 Å². The van der Waals surface area contributed by atoms with Crippen molar-refractivity contribution < 1.29 is 72.2 Å². The van der Waals surface area contributed by atoms with Crippen LogP contribution in [-0.4, -0.2) is 265 Å². The molecule has 0 aromatic heterocycles. The van der Waals surface area contributed by atoms with Gasteiger partial charge in [-0.2, -0.15) is 13.2 Å². The standard InChI is InChI=1S/C15H31NO2.C14H26F3NO2.C14H29NO2.3C13H27NO2/c1-12(2)18-11-15(7)9-16(13(3,4)5)8-14(15,6)10-17;1-12(2,3)18-7-10(19)11(14(15,16)17)9(18)8-20-13(4,5)6;1-11(2)17-9-8-14(15-13(3,4)5)7-6-12(16)10-14;1-9(2)16-8-10-6-11(15)7-12(10)14-13(3,4)5;1-10(2)16-9-12(15)11-6-7-14(8-11)13(3,4)5;1-10(2)16-9-12(15)11-7-6-8-14(11)13(3,4)5/h12,17H,8-11H2,1-7H3;9-11,19H,7-8H2,1-6H3;11-12,15-16H,6-10H2,1-5H3;9-12,14-15H,6-8H2,1-5H3;2*10-12,15H,6-9H2,1-5H3. The van der Waals surface area contributed by atoms with E-state index < -0.39 is 35.4 Å². The van der Waals surface area contributed by atoms with E-state index in [1.54, 1.807) is 4.90 Å². The lowest BCUT2D eigenvalue weighted by Gasteiger charge is -2.39. The van der Waals surface area contributed by atoms with Gasteiger partial charge in [-0.25, -0.2) is 0 Å². The Labute approximate surface area is 629 Å². The van der Waals surface area contributed by atoms with Crippen LogP contribution in [-0.2, 0) is 28.4 Å². The van der Waals surface area contributed by atoms with Crippen molar-refractivity contribution >= 4 is 0 Å². The molecule has 2 aliphatic carbocycles. The van der Waals surface area contributed by atoms with Crippen molar-refractivity contribution in [2.75, 3.05) is 85.5 Å². The number of likely N-dealkylation sites (tertiary alicyclic amines) is 4. The molecule has 4 saturated heterocycles. The molecule has 21 heteroatoms. The molecule has 0 amide bonds. The molecule has 14 atom stereocenters. The van der Waals surface area contributed by atoms with Crippen LogP contribution in [0.1, 0.15) is 286 Å². The Kier molecular flexibility index (Phi) is 40.9. The highest BCUT2D eigenvalue weighted by Crippen LogP contribution is 2.48. The third kappa shape index (κ3) is 37.8. The van der Waals surface area contributed by atoms with E-state index in [-0.39, 0.29) is 125 Å². The van der Waals surface area contributed by atoms with Gasteiger partial charge in [0.2, 0.25) is 0 Å². The summed E-state index contributed by atoms with van der Waals surface area (Å²) in [6.07, 6.45) is 3.24. The Morgan fingerprint density at radius 2 is 1.04 bits per heavy atom. The van der Waals surface area contributed by atoms with E-state index in [4.69, 9.17) is 28.4 Å². The van der Waals surface area contributed by atoms with Crippen LogP contribution in [0.5, 0.6) is 0 Å². The number of ether oxygens (including phenoxy) is 6. The second-order valence-electron chi connectivity index (χ2n) is 40.2. The summed E-state index contributed by atoms with van der Waals surface area (Å²) in [5.74, 6) is -0.946. The number of rotatable bonds is 23. The largest absolute Gasteiger partial charge is 0.396 e. The molecule has 4 aliphatic heterocycles. The normalized spacial score (nSPS) is 29.6. The first-order valence-corrected chi connectivity index (χ1v) is 39.8. The smallest absolute Gasteiger partial charge is 0.395 e. The van der Waals surface area contributed by atoms with Crippen LogP contribution < -0.4 is 10.6 Å². The zero-order chi connectivity index (χ0) is 80.3. The molecule has 6 aliphatic rings. The highest BCUT2D eigenvalue weighted by Gasteiger charge is 2.58. The van der Waals surface area contributed by atoms with Crippen LogP contribution in [0.4, 0.5) is 13.2 Å². The lowest BCUT2D eigenvalue weighted by molar-refractivity contribution is -0.206. The molecule has 6 fully saturated rings. The van der Waals surface area contributed by atoms with Crippen LogP contribution in [0, 0.1) is 28.6 Å². The van der Waals surface area contributed by atoms with Crippen molar-refractivity contribution in [1.29, 1.82) is 0 Å². The number of aliphatic hydroxyl groups excluding tert-OH is 6. The summed E-state index contributed by atoms with van der Waals surface area (Å²) in [5, 5.41) is 66.7. The molecule has 4 heterocycles. The monoisotopic (exact) mass is 1490 g/mol. The fourth-order valence-electron chi connectivity index (χ4n) is 14.9. The second-order valence-corrected chi connectivity index (χ2v) is 40.2. The van der Waals surface area contributed by atoms with Gasteiger partial charge in [0, 0.05) is 112 Å². The number of nitrogens with one attached hydrogen (secondary N) is 2. The van der Waals surface area contributed by atoms with Crippen molar-refractivity contribution in [1.82, 2.24) is 30.2 Å². The number of β-amino-alcohol motifs (C(OH)–C–C–N with tert-alkyl or cyclic N) is 1. The molecule has 103 heavy (non-hydrogen) atoms. The summed E-state index contributed by atoms with van der Waals surface area (Å²) < 4.78 is 73.3. The predicted octanol–water partition coefficient (Wildman–Crippen LogP) is 13.7. The number of alkyl halides is 3. The fourth-order valence-corrected chi connectivity index (χ4v) is 14.9. The number of hydrogen-bond donors (Lipinski definition) is 8. The summed E-state index contributed by atoms with van der Waals surface area (Å²) in [4.78, 5) is 9.01. The SMILES string of the molecule is CC(C)(C)OCC1C(C(F)(F)F)C(O)CN1C(C)(C)C.CC(C)OCC(O)C1CCCN1C(C)(C)C.CC(C)OCC(O)C1CCN(C(C)(C)C)C1.CC(C)OCC1(C)CN(C(C)(C)C)CC1(C)CO.CC(C)OCC1CC(O)CC1NC(C)(C)C.CC(C)OCCC1(NC(C)(C)C)CCC(O)C1. The van der Waals surface area contributed by atoms with Crippen molar-refractivity contribution in [3.05, 3.63) is 0 Å². The summed E-state index contributed by atoms with van der Waals surface area (Å²) in [7, 11) is 0. The molecular formula is C82H167F3N6O12. The van der Waals surface area contributed by atoms with Crippen LogP contribution >= 0.6 is 0 Å². The van der Waals surface area contributed by atoms with Gasteiger partial charge < -0.3 is 69.7 Å². The summed E-state index contributed by atoms with van der Waals surface area (Å²) in [6.45, 7) is 77.3. The molecule has 618 valence electrons. The Morgan fingerprint density at radius 3 is 1.46 bits per heavy atom. The third-order valence-electron chi connectivity index (χ3n) is 20.8. The van der Waals surface area contributed by atoms with Crippen LogP contribution in [0.3, 0.4) is 0 Å². The fraction of sp³-hybridized carbons (Fsp3) is 1.00. The lowest BCUT2D eigenvalue weighted by Crippen LogP contribution is -2.53. The van der Waals surface area contributed by atoms with E-state index in [0.29, 0.717) is 37.7 Å². The number of nitrogens with zero attached hydrogens (tertiary/aromatic N) is 4. The van der Waals surface area contributed by atoms with E-state index in [2.05, 4.69) is 185 Å². The van der Waals surface area contributed by atoms with Gasteiger partial charge in [0.1, 0.15) is 0 Å². The first-order chi connectivity index (χ1) is 46.4. The molecule has 0 bridgehead atoms. The Balaban J connectivity index is 0.000000619. The van der Waals surface area contributed by atoms with E-state index in [1.807, 2.05) is 69.2 Å². The summed E-state index contributed by atoms with van der Waals surface area (Å²) >= 11 is 0. The average molecular weight is 1490 g/mol. The van der Waals surface area contributed by atoms with Gasteiger partial charge in [-0.3, -0.25) is 19.6 Å². The summed E-state index contributed by atoms with van der Waals surface area (Å²) in [6, 6.07) is -0.211. The highest BCUT2D eigenvalue weighted by atomic mass is 19.4. The Hall–Kier alpha value is -0.930. The van der Waals surface area contributed by atoms with Crippen LogP contribution in [0.2, 0.25) is 0 Å². The molecule has 18 nitrogen and oxygen atoms in total. The zero-order valence-electron chi connectivity index (χ0n) is 72.3. The molecule has 0 spiro atoms. The van der Waals surface area contributed by atoms with Gasteiger partial charge >= 0.3 is 6.18 Å². The minimum Gasteiger partial charge on any atom is -0.396 e. The van der Waals surface area contributed by atoms with E-state index >= 15 is 0 Å². The quantitative estimate of drug-likeness (QED) is 0.0478. The number of hydrogen-bond acceptors (Lipinski definition) is 18. The molecule has 2 saturated carbocycles. The third-order valence-corrected chi connectivity index (χ3v) is 20.8. The van der Waals surface area contributed by atoms with Gasteiger partial charge in [-0.1, -0.05) is 13.8 Å². The first kappa shape index (κ1) is 100. The Morgan fingerprint density at radius 1 is 0.534 bits per heavy atom. The summed E-state index contributed by atoms with van der Waals surface area (Å²) in [5.41, 5.74) is -0.284. The molecule has 8 N–H and O–H groups in total. The maximum absolute atomic E-state index is 13.2. The van der Waals surface area contributed by atoms with E-state index in [9.17, 15) is 43.8 Å². The lowest BCUT2D eigenvalue weighted by atomic mass is 9.69. The number of halogens is 3.